The van der Waals surface area contributed by atoms with Crippen LogP contribution in [0.4, 0.5) is 17.1 Å². The Balaban J connectivity index is 1.50. The van der Waals surface area contributed by atoms with E-state index in [9.17, 15) is 4.79 Å². The molecule has 0 saturated heterocycles. The van der Waals surface area contributed by atoms with Crippen molar-refractivity contribution in [2.45, 2.75) is 19.9 Å². The Morgan fingerprint density at radius 1 is 1.19 bits per heavy atom. The molecule has 2 aliphatic rings. The summed E-state index contributed by atoms with van der Waals surface area (Å²) < 4.78 is 0. The van der Waals surface area contributed by atoms with Gasteiger partial charge in [0.2, 0.25) is 0 Å². The normalized spacial score (nSPS) is 18.2. The molecule has 1 amide bonds. The minimum atomic E-state index is -0.102. The predicted molar refractivity (Wildman–Crippen MR) is 111 cm³/mol. The fraction of sp³-hybridized carbons (Fsp3) is 0.227. The van der Waals surface area contributed by atoms with Gasteiger partial charge in [0.1, 0.15) is 0 Å². The maximum Gasteiger partial charge on any atom is 0.258 e. The van der Waals surface area contributed by atoms with Crippen LogP contribution in [0, 0.1) is 0 Å². The van der Waals surface area contributed by atoms with Gasteiger partial charge in [-0.2, -0.15) is 0 Å². The number of allylic oxidation sites excluding steroid dienone is 1. The lowest BCUT2D eigenvalue weighted by Crippen LogP contribution is -2.26. The summed E-state index contributed by atoms with van der Waals surface area (Å²) in [5, 5.41) is 6.25. The monoisotopic (exact) mass is 360 g/mol. The zero-order valence-corrected chi connectivity index (χ0v) is 15.5. The van der Waals surface area contributed by atoms with Crippen LogP contribution >= 0.6 is 0 Å². The van der Waals surface area contributed by atoms with E-state index in [1.807, 2.05) is 19.1 Å². The second kappa shape index (κ2) is 7.29. The van der Waals surface area contributed by atoms with Crippen molar-refractivity contribution in [2.75, 3.05) is 29.5 Å². The lowest BCUT2D eigenvalue weighted by atomic mass is 10.0. The highest BCUT2D eigenvalue weighted by atomic mass is 16.2. The van der Waals surface area contributed by atoms with Crippen molar-refractivity contribution >= 4 is 28.5 Å². The highest BCUT2D eigenvalue weighted by Crippen LogP contribution is 2.35. The molecule has 5 nitrogen and oxygen atoms in total. The van der Waals surface area contributed by atoms with Crippen molar-refractivity contribution in [3.63, 3.8) is 0 Å². The third kappa shape index (κ3) is 3.73. The van der Waals surface area contributed by atoms with Gasteiger partial charge in [-0.25, -0.2) is 0 Å². The van der Waals surface area contributed by atoms with E-state index in [4.69, 9.17) is 5.73 Å². The summed E-state index contributed by atoms with van der Waals surface area (Å²) in [6, 6.07) is 13.9. The zero-order chi connectivity index (χ0) is 18.8. The molecule has 0 unspecified atom stereocenters. The lowest BCUT2D eigenvalue weighted by molar-refractivity contribution is -0.110. The van der Waals surface area contributed by atoms with E-state index in [0.717, 1.165) is 48.7 Å². The number of hydrogen-bond acceptors (Lipinski definition) is 4. The molecule has 0 saturated carbocycles. The highest BCUT2D eigenvalue weighted by molar-refractivity contribution is 6.32. The molecule has 138 valence electrons. The van der Waals surface area contributed by atoms with Crippen LogP contribution in [0.3, 0.4) is 0 Å². The van der Waals surface area contributed by atoms with Crippen LogP contribution in [0.15, 0.2) is 60.3 Å². The van der Waals surface area contributed by atoms with Gasteiger partial charge in [-0.15, -0.1) is 0 Å². The molecule has 0 bridgehead atoms. The first-order valence-electron chi connectivity index (χ1n) is 9.25. The summed E-state index contributed by atoms with van der Waals surface area (Å²) in [6.07, 6.45) is 5.59. The number of fused-ring (bicyclic) bond motifs is 1. The topological polar surface area (TPSA) is 70.4 Å². The molecule has 2 aliphatic heterocycles. The number of nitrogen functional groups attached to an aromatic ring is 1. The van der Waals surface area contributed by atoms with Crippen molar-refractivity contribution < 1.29 is 4.79 Å². The second-order valence-corrected chi connectivity index (χ2v) is 7.08. The number of carbonyl (C=O) groups excluding carboxylic acids is 1. The van der Waals surface area contributed by atoms with Gasteiger partial charge < -0.3 is 16.4 Å². The van der Waals surface area contributed by atoms with Crippen molar-refractivity contribution in [1.29, 1.82) is 0 Å². The molecular formula is C22H24N4O. The second-order valence-electron chi connectivity index (χ2n) is 7.08. The fourth-order valence-electron chi connectivity index (χ4n) is 3.62. The number of amides is 1. The smallest absolute Gasteiger partial charge is 0.258 e. The van der Waals surface area contributed by atoms with Crippen LogP contribution in [-0.2, 0) is 11.3 Å². The minimum absolute atomic E-state index is 0.102. The van der Waals surface area contributed by atoms with Gasteiger partial charge >= 0.3 is 0 Å². The largest absolute Gasteiger partial charge is 0.399 e. The number of anilines is 3. The number of nitrogens with zero attached hydrogens (tertiary/aromatic N) is 1. The standard InChI is InChI=1S/C22H24N4O/c1-15(21-19-13-17(23)7-10-20(19)25-22(21)27)24-18-8-5-16(6-9-18)14-26-11-3-2-4-12-26/h2-3,5-10,13,24H,4,11-12,14,23H2,1H3,(H,25,27)/b21-15-. The van der Waals surface area contributed by atoms with Gasteiger partial charge in [0.05, 0.1) is 5.57 Å². The summed E-state index contributed by atoms with van der Waals surface area (Å²) in [5.74, 6) is -0.102. The van der Waals surface area contributed by atoms with Gasteiger partial charge in [0, 0.05) is 48.0 Å². The maximum atomic E-state index is 12.4. The summed E-state index contributed by atoms with van der Waals surface area (Å²) in [7, 11) is 0. The van der Waals surface area contributed by atoms with E-state index in [-0.39, 0.29) is 5.91 Å². The highest BCUT2D eigenvalue weighted by Gasteiger charge is 2.26. The Morgan fingerprint density at radius 2 is 2.00 bits per heavy atom. The van der Waals surface area contributed by atoms with Gasteiger partial charge in [-0.05, 0) is 49.2 Å². The lowest BCUT2D eigenvalue weighted by Gasteiger charge is -2.23. The van der Waals surface area contributed by atoms with Crippen molar-refractivity contribution in [1.82, 2.24) is 4.90 Å². The van der Waals surface area contributed by atoms with Crippen LogP contribution in [0.25, 0.3) is 5.57 Å². The molecule has 4 N–H and O–H groups in total. The molecule has 2 aromatic carbocycles. The van der Waals surface area contributed by atoms with E-state index in [0.29, 0.717) is 11.3 Å². The Kier molecular flexibility index (Phi) is 4.69. The van der Waals surface area contributed by atoms with Crippen molar-refractivity contribution in [2.24, 2.45) is 0 Å². The molecular weight excluding hydrogens is 336 g/mol. The minimum Gasteiger partial charge on any atom is -0.399 e. The average Bonchev–Trinajstić information content (AvgIpc) is 2.99. The van der Waals surface area contributed by atoms with Crippen molar-refractivity contribution in [3.8, 4) is 0 Å². The van der Waals surface area contributed by atoms with Crippen molar-refractivity contribution in [3.05, 3.63) is 71.4 Å². The SMILES string of the molecule is C/C(Nc1ccc(CN2CC=CCC2)cc1)=C1/C(=O)Nc2ccc(N)cc21. The number of hydrogen-bond donors (Lipinski definition) is 3. The van der Waals surface area contributed by atoms with Crippen LogP contribution < -0.4 is 16.4 Å². The quantitative estimate of drug-likeness (QED) is 0.440. The van der Waals surface area contributed by atoms with E-state index in [1.165, 1.54) is 5.56 Å². The van der Waals surface area contributed by atoms with Crippen LogP contribution in [0.2, 0.25) is 0 Å². The number of benzene rings is 2. The first-order valence-corrected chi connectivity index (χ1v) is 9.25. The van der Waals surface area contributed by atoms with E-state index >= 15 is 0 Å². The number of carbonyl (C=O) groups is 1. The third-order valence-corrected chi connectivity index (χ3v) is 5.00. The molecule has 5 heteroatoms. The molecule has 0 radical (unpaired) electrons. The molecule has 0 fully saturated rings. The molecule has 27 heavy (non-hydrogen) atoms. The Morgan fingerprint density at radius 3 is 2.74 bits per heavy atom. The Hall–Kier alpha value is -3.05. The van der Waals surface area contributed by atoms with E-state index in [2.05, 4.69) is 52.0 Å². The summed E-state index contributed by atoms with van der Waals surface area (Å²) >= 11 is 0. The third-order valence-electron chi connectivity index (χ3n) is 5.00. The average molecular weight is 360 g/mol. The van der Waals surface area contributed by atoms with Gasteiger partial charge in [-0.1, -0.05) is 24.3 Å². The molecule has 0 spiro atoms. The van der Waals surface area contributed by atoms with Crippen LogP contribution in [0.1, 0.15) is 24.5 Å². The van der Waals surface area contributed by atoms with E-state index < -0.39 is 0 Å². The number of rotatable bonds is 4. The molecule has 2 heterocycles. The van der Waals surface area contributed by atoms with E-state index in [1.54, 1.807) is 6.07 Å². The summed E-state index contributed by atoms with van der Waals surface area (Å²) in [6.45, 7) is 5.00. The number of nitrogens with two attached hydrogens (primary N) is 1. The first kappa shape index (κ1) is 17.4. The van der Waals surface area contributed by atoms with Gasteiger partial charge in [-0.3, -0.25) is 9.69 Å². The number of nitrogens with one attached hydrogen (secondary N) is 2. The van der Waals surface area contributed by atoms with Gasteiger partial charge in [0.25, 0.3) is 5.91 Å². The maximum absolute atomic E-state index is 12.4. The van der Waals surface area contributed by atoms with Gasteiger partial charge in [0.15, 0.2) is 0 Å². The van der Waals surface area contributed by atoms with Crippen LogP contribution in [-0.4, -0.2) is 23.9 Å². The fourth-order valence-corrected chi connectivity index (χ4v) is 3.62. The molecule has 0 aromatic heterocycles. The molecule has 2 aromatic rings. The molecule has 4 rings (SSSR count). The molecule has 0 aliphatic carbocycles. The Bertz CT molecular complexity index is 928. The van der Waals surface area contributed by atoms with Crippen LogP contribution in [0.5, 0.6) is 0 Å². The summed E-state index contributed by atoms with van der Waals surface area (Å²) in [4.78, 5) is 14.8. The zero-order valence-electron chi connectivity index (χ0n) is 15.5. The first-order chi connectivity index (χ1) is 13.1. The Labute approximate surface area is 159 Å². The molecule has 0 atom stereocenters. The predicted octanol–water partition coefficient (Wildman–Crippen LogP) is 3.83. The summed E-state index contributed by atoms with van der Waals surface area (Å²) in [5.41, 5.74) is 11.9.